The first-order chi connectivity index (χ1) is 9.65. The van der Waals surface area contributed by atoms with E-state index >= 15 is 0 Å². The van der Waals surface area contributed by atoms with Crippen molar-refractivity contribution >= 4 is 28.0 Å². The van der Waals surface area contributed by atoms with E-state index in [0.29, 0.717) is 11.3 Å². The molecule has 0 amide bonds. The first-order valence-electron chi connectivity index (χ1n) is 6.68. The van der Waals surface area contributed by atoms with Gasteiger partial charge in [0, 0.05) is 6.54 Å². The van der Waals surface area contributed by atoms with Crippen molar-refractivity contribution in [2.24, 2.45) is 0 Å². The van der Waals surface area contributed by atoms with Crippen LogP contribution in [0.15, 0.2) is 24.3 Å². The molecule has 0 saturated heterocycles. The van der Waals surface area contributed by atoms with Crippen molar-refractivity contribution in [3.05, 3.63) is 24.3 Å². The van der Waals surface area contributed by atoms with Crippen molar-refractivity contribution in [2.75, 3.05) is 26.4 Å². The number of nitrogen functional groups attached to an aromatic ring is 1. The van der Waals surface area contributed by atoms with Crippen molar-refractivity contribution < 1.29 is 0 Å². The quantitative estimate of drug-likeness (QED) is 0.778. The highest BCUT2D eigenvalue weighted by Crippen LogP contribution is 2.20. The maximum atomic E-state index is 5.95. The number of rotatable bonds is 4. The molecule has 0 radical (unpaired) electrons. The second kappa shape index (κ2) is 5.05. The summed E-state index contributed by atoms with van der Waals surface area (Å²) in [7, 11) is 4.12. The van der Waals surface area contributed by atoms with Crippen molar-refractivity contribution in [3.8, 4) is 0 Å². The van der Waals surface area contributed by atoms with Crippen LogP contribution >= 0.6 is 0 Å². The third-order valence-corrected chi connectivity index (χ3v) is 3.24. The van der Waals surface area contributed by atoms with E-state index in [2.05, 4.69) is 34.1 Å². The van der Waals surface area contributed by atoms with Crippen LogP contribution in [0.1, 0.15) is 6.42 Å². The molecule has 104 valence electrons. The van der Waals surface area contributed by atoms with Gasteiger partial charge in [0.1, 0.15) is 0 Å². The van der Waals surface area contributed by atoms with Gasteiger partial charge in [0.2, 0.25) is 0 Å². The Morgan fingerprint density at radius 3 is 2.55 bits per heavy atom. The first kappa shape index (κ1) is 12.8. The summed E-state index contributed by atoms with van der Waals surface area (Å²) < 4.78 is 1.85. The zero-order chi connectivity index (χ0) is 14.1. The van der Waals surface area contributed by atoms with Crippen LogP contribution in [0.5, 0.6) is 0 Å². The Morgan fingerprint density at radius 2 is 1.85 bits per heavy atom. The summed E-state index contributed by atoms with van der Waals surface area (Å²) in [5.74, 6) is 0.447. The van der Waals surface area contributed by atoms with Crippen molar-refractivity contribution in [1.29, 1.82) is 0 Å². The number of aromatic nitrogens is 4. The summed E-state index contributed by atoms with van der Waals surface area (Å²) >= 11 is 0. The molecule has 1 aromatic carbocycles. The lowest BCUT2D eigenvalue weighted by atomic mass is 10.3. The molecule has 2 aromatic heterocycles. The maximum absolute atomic E-state index is 5.95. The van der Waals surface area contributed by atoms with E-state index in [0.717, 1.165) is 36.2 Å². The van der Waals surface area contributed by atoms with Crippen LogP contribution in [0.3, 0.4) is 0 Å². The van der Waals surface area contributed by atoms with E-state index in [1.807, 2.05) is 28.9 Å². The van der Waals surface area contributed by atoms with Crippen LogP contribution in [0, 0.1) is 0 Å². The van der Waals surface area contributed by atoms with Gasteiger partial charge in [-0.15, -0.1) is 0 Å². The van der Waals surface area contributed by atoms with Gasteiger partial charge in [0.15, 0.2) is 17.0 Å². The van der Waals surface area contributed by atoms with Crippen LogP contribution in [0.25, 0.3) is 22.2 Å². The highest BCUT2D eigenvalue weighted by Gasteiger charge is 2.12. The number of nitrogens with zero attached hydrogens (tertiary/aromatic N) is 5. The number of anilines is 1. The lowest BCUT2D eigenvalue weighted by Gasteiger charge is -2.09. The van der Waals surface area contributed by atoms with Crippen LogP contribution < -0.4 is 5.73 Å². The highest BCUT2D eigenvalue weighted by atomic mass is 15.3. The normalized spacial score (nSPS) is 11.8. The fourth-order valence-electron chi connectivity index (χ4n) is 2.26. The van der Waals surface area contributed by atoms with Gasteiger partial charge in [-0.3, -0.25) is 0 Å². The Balaban J connectivity index is 2.02. The largest absolute Gasteiger partial charge is 0.380 e. The molecule has 0 aliphatic rings. The van der Waals surface area contributed by atoms with Crippen LogP contribution in [0.2, 0.25) is 0 Å². The van der Waals surface area contributed by atoms with Crippen molar-refractivity contribution in [2.45, 2.75) is 13.0 Å². The van der Waals surface area contributed by atoms with E-state index in [1.165, 1.54) is 0 Å². The maximum Gasteiger partial charge on any atom is 0.179 e. The highest BCUT2D eigenvalue weighted by molar-refractivity contribution is 5.89. The predicted octanol–water partition coefficient (Wildman–Crippen LogP) is 1.51. The van der Waals surface area contributed by atoms with Gasteiger partial charge in [-0.1, -0.05) is 12.1 Å². The standard InChI is InChI=1S/C14H18N6/c1-19(2)8-5-9-20-14-12(13(15)18-20)16-10-6-3-4-7-11(10)17-14/h3-4,6-7H,5,8-9H2,1-2H3,(H2,15,18). The molecule has 0 bridgehead atoms. The summed E-state index contributed by atoms with van der Waals surface area (Å²) in [6.45, 7) is 1.79. The zero-order valence-corrected chi connectivity index (χ0v) is 11.7. The second-order valence-corrected chi connectivity index (χ2v) is 5.15. The van der Waals surface area contributed by atoms with E-state index in [1.54, 1.807) is 0 Å². The number of para-hydroxylation sites is 2. The molecule has 0 unspecified atom stereocenters. The Morgan fingerprint density at radius 1 is 1.15 bits per heavy atom. The van der Waals surface area contributed by atoms with E-state index in [4.69, 9.17) is 5.73 Å². The summed E-state index contributed by atoms with van der Waals surface area (Å²) in [4.78, 5) is 11.3. The number of hydrogen-bond donors (Lipinski definition) is 1. The fraction of sp³-hybridized carbons (Fsp3) is 0.357. The number of aryl methyl sites for hydroxylation is 1. The van der Waals surface area contributed by atoms with E-state index in [9.17, 15) is 0 Å². The van der Waals surface area contributed by atoms with Gasteiger partial charge >= 0.3 is 0 Å². The number of nitrogens with two attached hydrogens (primary N) is 1. The topological polar surface area (TPSA) is 72.9 Å². The zero-order valence-electron chi connectivity index (χ0n) is 11.7. The summed E-state index contributed by atoms with van der Waals surface area (Å²) in [6, 6.07) is 7.79. The molecule has 6 nitrogen and oxygen atoms in total. The Labute approximate surface area is 117 Å². The minimum Gasteiger partial charge on any atom is -0.380 e. The molecule has 0 atom stereocenters. The molecule has 0 aliphatic heterocycles. The average Bonchev–Trinajstić information content (AvgIpc) is 2.73. The molecule has 0 saturated carbocycles. The Bertz CT molecular complexity index is 746. The molecule has 2 N–H and O–H groups in total. The summed E-state index contributed by atoms with van der Waals surface area (Å²) in [5, 5.41) is 4.36. The molecule has 0 spiro atoms. The Hall–Kier alpha value is -2.21. The molecule has 2 heterocycles. The molecule has 3 rings (SSSR count). The monoisotopic (exact) mass is 270 g/mol. The first-order valence-corrected chi connectivity index (χ1v) is 6.68. The molecule has 0 fully saturated rings. The van der Waals surface area contributed by atoms with Gasteiger partial charge in [0.25, 0.3) is 0 Å². The van der Waals surface area contributed by atoms with Gasteiger partial charge in [0.05, 0.1) is 11.0 Å². The minimum atomic E-state index is 0.447. The number of benzene rings is 1. The number of hydrogen-bond acceptors (Lipinski definition) is 5. The summed E-state index contributed by atoms with van der Waals surface area (Å²) in [6.07, 6.45) is 0.998. The summed E-state index contributed by atoms with van der Waals surface area (Å²) in [5.41, 5.74) is 9.12. The third-order valence-electron chi connectivity index (χ3n) is 3.24. The van der Waals surface area contributed by atoms with Gasteiger partial charge < -0.3 is 10.6 Å². The van der Waals surface area contributed by atoms with Gasteiger partial charge in [-0.05, 0) is 39.2 Å². The second-order valence-electron chi connectivity index (χ2n) is 5.15. The van der Waals surface area contributed by atoms with Crippen molar-refractivity contribution in [3.63, 3.8) is 0 Å². The molecule has 20 heavy (non-hydrogen) atoms. The third kappa shape index (κ3) is 2.30. The average molecular weight is 270 g/mol. The van der Waals surface area contributed by atoms with Crippen LogP contribution in [-0.4, -0.2) is 45.3 Å². The van der Waals surface area contributed by atoms with Gasteiger partial charge in [-0.2, -0.15) is 5.10 Å². The molecular formula is C14H18N6. The van der Waals surface area contributed by atoms with Crippen molar-refractivity contribution in [1.82, 2.24) is 24.6 Å². The Kier molecular flexibility index (Phi) is 3.23. The number of fused-ring (bicyclic) bond motifs is 2. The predicted molar refractivity (Wildman–Crippen MR) is 80.4 cm³/mol. The molecule has 6 heteroatoms. The lowest BCUT2D eigenvalue weighted by molar-refractivity contribution is 0.382. The molecule has 3 aromatic rings. The fourth-order valence-corrected chi connectivity index (χ4v) is 2.26. The van der Waals surface area contributed by atoms with Crippen LogP contribution in [0.4, 0.5) is 5.82 Å². The van der Waals surface area contributed by atoms with E-state index in [-0.39, 0.29) is 0 Å². The van der Waals surface area contributed by atoms with E-state index < -0.39 is 0 Å². The smallest absolute Gasteiger partial charge is 0.179 e. The van der Waals surface area contributed by atoms with Crippen LogP contribution in [-0.2, 0) is 6.54 Å². The van der Waals surface area contributed by atoms with Gasteiger partial charge in [-0.25, -0.2) is 14.6 Å². The SMILES string of the molecule is CN(C)CCCn1nc(N)c2nc3ccccc3nc21. The molecular weight excluding hydrogens is 252 g/mol. The minimum absolute atomic E-state index is 0.447. The lowest BCUT2D eigenvalue weighted by Crippen LogP contribution is -2.15. The molecule has 0 aliphatic carbocycles.